The number of benzene rings is 2. The van der Waals surface area contributed by atoms with Gasteiger partial charge in [-0.3, -0.25) is 4.79 Å². The van der Waals surface area contributed by atoms with Crippen LogP contribution >= 0.6 is 36.2 Å². The lowest BCUT2D eigenvalue weighted by atomic mass is 9.82. The molecule has 0 bridgehead atoms. The summed E-state index contributed by atoms with van der Waals surface area (Å²) in [6.45, 7) is 0.949. The van der Waals surface area contributed by atoms with Crippen molar-refractivity contribution in [1.82, 2.24) is 4.98 Å². The lowest BCUT2D eigenvalue weighted by Gasteiger charge is -2.26. The van der Waals surface area contributed by atoms with Crippen molar-refractivity contribution in [2.45, 2.75) is 18.8 Å². The fraction of sp³-hybridized carbons (Fsp3) is 0.273. The average molecular weight is 466 g/mol. The molecular weight excluding hydrogens is 441 g/mol. The normalized spacial score (nSPS) is 17.6. The predicted octanol–water partition coefficient (Wildman–Crippen LogP) is 5.17. The van der Waals surface area contributed by atoms with Crippen LogP contribution < -0.4 is 15.8 Å². The number of nitrogens with one attached hydrogen (secondary N) is 1. The highest BCUT2D eigenvalue weighted by molar-refractivity contribution is 7.18. The summed E-state index contributed by atoms with van der Waals surface area (Å²) in [5.41, 5.74) is 7.22. The van der Waals surface area contributed by atoms with Gasteiger partial charge >= 0.3 is 0 Å². The molecule has 4 rings (SSSR count). The van der Waals surface area contributed by atoms with Crippen LogP contribution in [0.1, 0.15) is 23.8 Å². The molecule has 2 unspecified atom stereocenters. The number of nitrogens with zero attached hydrogens (tertiary/aromatic N) is 1. The lowest BCUT2D eigenvalue weighted by Crippen LogP contribution is -2.29. The number of nitrogens with two attached hydrogens (primary N) is 1. The smallest absolute Gasteiger partial charge is 0.228 e. The number of hydrogen-bond donors (Lipinski definition) is 2. The number of anilines is 1. The molecule has 1 aliphatic rings. The molecule has 0 spiro atoms. The molecule has 5 nitrogen and oxygen atoms in total. The van der Waals surface area contributed by atoms with Crippen LogP contribution in [0.3, 0.4) is 0 Å². The van der Waals surface area contributed by atoms with Crippen molar-refractivity contribution in [2.24, 2.45) is 11.7 Å². The van der Waals surface area contributed by atoms with Crippen LogP contribution in [0.25, 0.3) is 10.2 Å². The lowest BCUT2D eigenvalue weighted by molar-refractivity contribution is -0.120. The molecule has 0 saturated carbocycles. The Morgan fingerprint density at radius 3 is 2.57 bits per heavy atom. The first-order chi connectivity index (χ1) is 13.7. The highest BCUT2D eigenvalue weighted by Gasteiger charge is 2.32. The molecule has 3 aromatic rings. The van der Waals surface area contributed by atoms with E-state index >= 15 is 0 Å². The van der Waals surface area contributed by atoms with Gasteiger partial charge in [0, 0.05) is 18.2 Å². The molecule has 0 saturated heterocycles. The number of fused-ring (bicyclic) bond motifs is 1. The van der Waals surface area contributed by atoms with Crippen molar-refractivity contribution < 1.29 is 9.53 Å². The summed E-state index contributed by atoms with van der Waals surface area (Å²) in [5, 5.41) is 4.09. The van der Waals surface area contributed by atoms with Gasteiger partial charge in [-0.25, -0.2) is 4.98 Å². The number of carbonyl (C=O) groups excluding carboxylic acids is 1. The van der Waals surface area contributed by atoms with Crippen LogP contribution in [-0.2, 0) is 4.79 Å². The second-order valence-electron chi connectivity index (χ2n) is 6.83. The van der Waals surface area contributed by atoms with E-state index in [9.17, 15) is 4.79 Å². The van der Waals surface area contributed by atoms with Crippen LogP contribution in [0.5, 0.6) is 5.75 Å². The van der Waals surface area contributed by atoms with Gasteiger partial charge in [0.25, 0.3) is 0 Å². The maximum Gasteiger partial charge on any atom is 0.228 e. The number of para-hydroxylation sites is 1. The van der Waals surface area contributed by atoms with Crippen LogP contribution in [0.2, 0.25) is 0 Å². The zero-order valence-electron chi connectivity index (χ0n) is 16.3. The number of thiazole rings is 1. The van der Waals surface area contributed by atoms with Crippen LogP contribution in [0.4, 0.5) is 5.69 Å². The quantitative estimate of drug-likeness (QED) is 0.492. The predicted molar refractivity (Wildman–Crippen MR) is 128 cm³/mol. The van der Waals surface area contributed by atoms with Crippen molar-refractivity contribution >= 4 is 58.0 Å². The van der Waals surface area contributed by atoms with Crippen LogP contribution in [0, 0.1) is 5.92 Å². The van der Waals surface area contributed by atoms with Gasteiger partial charge < -0.3 is 15.8 Å². The van der Waals surface area contributed by atoms with Crippen molar-refractivity contribution in [1.29, 1.82) is 0 Å². The van der Waals surface area contributed by atoms with E-state index in [1.165, 1.54) is 4.70 Å². The van der Waals surface area contributed by atoms with Crippen molar-refractivity contribution in [3.8, 4) is 5.75 Å². The third-order valence-corrected chi connectivity index (χ3v) is 6.07. The molecule has 3 N–H and O–H groups in total. The molecule has 0 radical (unpaired) electrons. The summed E-state index contributed by atoms with van der Waals surface area (Å²) in [4.78, 5) is 17.8. The fourth-order valence-electron chi connectivity index (χ4n) is 3.47. The van der Waals surface area contributed by atoms with E-state index in [0.29, 0.717) is 13.2 Å². The van der Waals surface area contributed by atoms with E-state index in [4.69, 9.17) is 15.5 Å². The van der Waals surface area contributed by atoms with E-state index in [0.717, 1.165) is 34.8 Å². The Balaban J connectivity index is 0.00000160. The Morgan fingerprint density at radius 2 is 1.83 bits per heavy atom. The third kappa shape index (κ3) is 5.52. The highest BCUT2D eigenvalue weighted by atomic mass is 35.5. The minimum atomic E-state index is -0.126. The Labute approximate surface area is 192 Å². The molecule has 0 aliphatic heterocycles. The Kier molecular flexibility index (Phi) is 9.11. The van der Waals surface area contributed by atoms with Gasteiger partial charge in [-0.2, -0.15) is 0 Å². The zero-order valence-corrected chi connectivity index (χ0v) is 18.8. The molecule has 1 amide bonds. The Bertz CT molecular complexity index is 958. The summed E-state index contributed by atoms with van der Waals surface area (Å²) in [6, 6.07) is 15.5. The Morgan fingerprint density at radius 1 is 1.10 bits per heavy atom. The second-order valence-corrected chi connectivity index (χ2v) is 7.89. The van der Waals surface area contributed by atoms with Gasteiger partial charge in [-0.15, -0.1) is 36.2 Å². The summed E-state index contributed by atoms with van der Waals surface area (Å²) in [6.07, 6.45) is 5.82. The maximum atomic E-state index is 13.0. The minimum Gasteiger partial charge on any atom is -0.492 e. The molecule has 160 valence electrons. The number of amides is 1. The summed E-state index contributed by atoms with van der Waals surface area (Å²) in [7, 11) is 0. The number of ether oxygens (including phenoxy) is 1. The van der Waals surface area contributed by atoms with E-state index in [2.05, 4.69) is 23.5 Å². The SMILES string of the molecule is Cl.Cl.NCCOc1ccc(NC(=O)C2CC=CCC2c2nc3ccccc3s2)cc1. The number of aromatic nitrogens is 1. The number of allylic oxidation sites excluding steroid dienone is 2. The monoisotopic (exact) mass is 465 g/mol. The van der Waals surface area contributed by atoms with Gasteiger partial charge in [0.05, 0.1) is 21.1 Å². The van der Waals surface area contributed by atoms with E-state index in [-0.39, 0.29) is 42.6 Å². The van der Waals surface area contributed by atoms with Gasteiger partial charge in [-0.05, 0) is 49.2 Å². The largest absolute Gasteiger partial charge is 0.492 e. The zero-order chi connectivity index (χ0) is 19.3. The summed E-state index contributed by atoms with van der Waals surface area (Å²) >= 11 is 1.69. The molecule has 8 heteroatoms. The fourth-order valence-corrected chi connectivity index (χ4v) is 4.62. The molecule has 2 aromatic carbocycles. The minimum absolute atomic E-state index is 0. The first kappa shape index (κ1) is 24.2. The second kappa shape index (κ2) is 11.3. The number of rotatable bonds is 6. The molecule has 1 aromatic heterocycles. The molecule has 1 aliphatic carbocycles. The Hall–Kier alpha value is -2.12. The van der Waals surface area contributed by atoms with Crippen molar-refractivity contribution in [2.75, 3.05) is 18.5 Å². The maximum absolute atomic E-state index is 13.0. The molecular formula is C22H25Cl2N3O2S. The molecule has 30 heavy (non-hydrogen) atoms. The number of carbonyl (C=O) groups is 1. The summed E-state index contributed by atoms with van der Waals surface area (Å²) < 4.78 is 6.65. The average Bonchev–Trinajstić information content (AvgIpc) is 3.17. The van der Waals surface area contributed by atoms with Crippen molar-refractivity contribution in [3.63, 3.8) is 0 Å². The van der Waals surface area contributed by atoms with Gasteiger partial charge in [0.15, 0.2) is 0 Å². The first-order valence-electron chi connectivity index (χ1n) is 9.49. The highest BCUT2D eigenvalue weighted by Crippen LogP contribution is 2.39. The molecule has 2 atom stereocenters. The molecule has 0 fully saturated rings. The van der Waals surface area contributed by atoms with E-state index in [1.54, 1.807) is 11.3 Å². The number of halogens is 2. The topological polar surface area (TPSA) is 77.2 Å². The molecule has 1 heterocycles. The van der Waals surface area contributed by atoms with Gasteiger partial charge in [0.2, 0.25) is 5.91 Å². The van der Waals surface area contributed by atoms with Crippen LogP contribution in [0.15, 0.2) is 60.7 Å². The van der Waals surface area contributed by atoms with Crippen molar-refractivity contribution in [3.05, 3.63) is 65.7 Å². The van der Waals surface area contributed by atoms with Crippen LogP contribution in [-0.4, -0.2) is 24.0 Å². The first-order valence-corrected chi connectivity index (χ1v) is 10.3. The van der Waals surface area contributed by atoms with Gasteiger partial charge in [0.1, 0.15) is 12.4 Å². The van der Waals surface area contributed by atoms with Gasteiger partial charge in [-0.1, -0.05) is 24.3 Å². The summed E-state index contributed by atoms with van der Waals surface area (Å²) in [5.74, 6) is 0.758. The number of hydrogen-bond acceptors (Lipinski definition) is 5. The van der Waals surface area contributed by atoms with E-state index in [1.807, 2.05) is 42.5 Å². The van der Waals surface area contributed by atoms with E-state index < -0.39 is 0 Å². The standard InChI is InChI=1S/C22H23N3O2S.2ClH/c23-13-14-27-16-11-9-15(10-12-16)24-21(26)17-5-1-2-6-18(17)22-25-19-7-3-4-8-20(19)28-22;;/h1-4,7-12,17-18H,5-6,13-14,23H2,(H,24,26);2*1H. The third-order valence-electron chi connectivity index (χ3n) is 4.91.